The molecule has 2 N–H and O–H groups in total. The molecule has 4 heterocycles. The van der Waals surface area contributed by atoms with E-state index in [-0.39, 0.29) is 35.8 Å². The smallest absolute Gasteiger partial charge is 0.236 e. The fraction of sp³-hybridized carbons (Fsp3) is 0.381. The predicted octanol–water partition coefficient (Wildman–Crippen LogP) is 2.98. The normalized spacial score (nSPS) is 18.9. The molecule has 3 aromatic heterocycles. The van der Waals surface area contributed by atoms with E-state index in [2.05, 4.69) is 27.2 Å². The Labute approximate surface area is 173 Å². The molecule has 9 heteroatoms. The quantitative estimate of drug-likeness (QED) is 0.623. The molecule has 4 rings (SSSR count). The van der Waals surface area contributed by atoms with Gasteiger partial charge < -0.3 is 19.6 Å². The number of H-pyrrole nitrogens is 1. The SMILES string of the molecule is CC(=O)c1cnc(-c2cnc3[nH]ccc3c2N[C@@H]2C[C@H](C)CN(C(=O)CC#N)C2)o1. The minimum atomic E-state index is -0.202. The lowest BCUT2D eigenvalue weighted by Crippen LogP contribution is -2.48. The number of oxazole rings is 1. The van der Waals surface area contributed by atoms with Gasteiger partial charge >= 0.3 is 0 Å². The van der Waals surface area contributed by atoms with E-state index in [0.717, 1.165) is 17.5 Å². The van der Waals surface area contributed by atoms with E-state index in [1.807, 2.05) is 12.1 Å². The van der Waals surface area contributed by atoms with E-state index < -0.39 is 0 Å². The molecule has 0 aliphatic carbocycles. The second-order valence-corrected chi connectivity index (χ2v) is 7.69. The highest BCUT2D eigenvalue weighted by molar-refractivity contribution is 5.97. The number of amides is 1. The molecule has 2 atom stereocenters. The summed E-state index contributed by atoms with van der Waals surface area (Å²) in [5.41, 5.74) is 2.13. The molecule has 0 radical (unpaired) electrons. The molecule has 0 bridgehead atoms. The summed E-state index contributed by atoms with van der Waals surface area (Å²) in [5.74, 6) is 0.421. The van der Waals surface area contributed by atoms with Crippen molar-refractivity contribution >= 4 is 28.4 Å². The van der Waals surface area contributed by atoms with Gasteiger partial charge in [0.25, 0.3) is 0 Å². The van der Waals surface area contributed by atoms with Gasteiger partial charge in [0, 0.05) is 43.8 Å². The molecule has 1 saturated heterocycles. The van der Waals surface area contributed by atoms with Crippen LogP contribution < -0.4 is 5.32 Å². The topological polar surface area (TPSA) is 128 Å². The predicted molar refractivity (Wildman–Crippen MR) is 110 cm³/mol. The average Bonchev–Trinajstić information content (AvgIpc) is 3.38. The number of Topliss-reactive ketones (excluding diaryl/α,β-unsaturated/α-hetero) is 1. The fourth-order valence-electron chi connectivity index (χ4n) is 3.93. The first-order valence-corrected chi connectivity index (χ1v) is 9.80. The zero-order chi connectivity index (χ0) is 21.3. The molecule has 3 aromatic rings. The van der Waals surface area contributed by atoms with Gasteiger partial charge in [-0.3, -0.25) is 9.59 Å². The Bertz CT molecular complexity index is 1140. The van der Waals surface area contributed by atoms with Crippen LogP contribution in [0, 0.1) is 17.2 Å². The number of piperidine rings is 1. The molecule has 0 saturated carbocycles. The average molecular weight is 406 g/mol. The van der Waals surface area contributed by atoms with Gasteiger partial charge in [-0.05, 0) is 18.4 Å². The first-order valence-electron chi connectivity index (χ1n) is 9.80. The van der Waals surface area contributed by atoms with Crippen molar-refractivity contribution in [2.24, 2.45) is 5.92 Å². The standard InChI is InChI=1S/C21H22N6O3/c1-12-7-14(11-27(10-12)18(29)3-5-22)26-19-15-4-6-23-20(15)24-8-16(19)21-25-9-17(30-21)13(2)28/h4,6,8-9,12,14H,3,7,10-11H2,1-2H3,(H2,23,24,26)/t12-,14+/m0/s1. The highest BCUT2D eigenvalue weighted by atomic mass is 16.4. The second-order valence-electron chi connectivity index (χ2n) is 7.69. The number of likely N-dealkylation sites (tertiary alicyclic amines) is 1. The van der Waals surface area contributed by atoms with Crippen LogP contribution in [0.4, 0.5) is 5.69 Å². The zero-order valence-electron chi connectivity index (χ0n) is 16.8. The molecule has 30 heavy (non-hydrogen) atoms. The number of aromatic amines is 1. The Kier molecular flexibility index (Phi) is 5.23. The van der Waals surface area contributed by atoms with Gasteiger partial charge in [-0.2, -0.15) is 5.26 Å². The van der Waals surface area contributed by atoms with Crippen molar-refractivity contribution in [2.45, 2.75) is 32.7 Å². The lowest BCUT2D eigenvalue weighted by molar-refractivity contribution is -0.132. The van der Waals surface area contributed by atoms with Crippen LogP contribution in [0.3, 0.4) is 0 Å². The Morgan fingerprint density at radius 3 is 2.93 bits per heavy atom. The molecule has 1 aliphatic heterocycles. The lowest BCUT2D eigenvalue weighted by Gasteiger charge is -2.37. The highest BCUT2D eigenvalue weighted by Crippen LogP contribution is 2.35. The zero-order valence-corrected chi connectivity index (χ0v) is 16.8. The molecule has 0 spiro atoms. The van der Waals surface area contributed by atoms with Crippen LogP contribution in [-0.2, 0) is 4.79 Å². The molecule has 0 aromatic carbocycles. The van der Waals surface area contributed by atoms with Crippen molar-refractivity contribution in [3.8, 4) is 17.5 Å². The van der Waals surface area contributed by atoms with E-state index in [0.29, 0.717) is 30.2 Å². The largest absolute Gasteiger partial charge is 0.433 e. The molecular weight excluding hydrogens is 384 g/mol. The molecule has 154 valence electrons. The maximum Gasteiger partial charge on any atom is 0.236 e. The summed E-state index contributed by atoms with van der Waals surface area (Å²) in [6, 6.07) is 3.83. The number of ketones is 1. The van der Waals surface area contributed by atoms with Crippen molar-refractivity contribution in [1.82, 2.24) is 19.9 Å². The summed E-state index contributed by atoms with van der Waals surface area (Å²) in [7, 11) is 0. The van der Waals surface area contributed by atoms with Gasteiger partial charge in [0.05, 0.1) is 23.5 Å². The number of rotatable bonds is 5. The van der Waals surface area contributed by atoms with Crippen LogP contribution in [0.15, 0.2) is 29.1 Å². The molecule has 1 aliphatic rings. The van der Waals surface area contributed by atoms with Crippen LogP contribution in [0.2, 0.25) is 0 Å². The van der Waals surface area contributed by atoms with E-state index in [4.69, 9.17) is 9.68 Å². The summed E-state index contributed by atoms with van der Waals surface area (Å²) in [6.07, 6.45) is 5.62. The number of anilines is 1. The Morgan fingerprint density at radius 2 is 2.20 bits per heavy atom. The number of hydrogen-bond donors (Lipinski definition) is 2. The van der Waals surface area contributed by atoms with Crippen LogP contribution in [0.5, 0.6) is 0 Å². The second kappa shape index (κ2) is 7.99. The van der Waals surface area contributed by atoms with Gasteiger partial charge in [0.15, 0.2) is 11.5 Å². The van der Waals surface area contributed by atoms with Gasteiger partial charge in [-0.1, -0.05) is 6.92 Å². The number of aromatic nitrogens is 3. The molecule has 0 unspecified atom stereocenters. The van der Waals surface area contributed by atoms with Crippen molar-refractivity contribution in [3.05, 3.63) is 30.4 Å². The van der Waals surface area contributed by atoms with E-state index >= 15 is 0 Å². The number of nitriles is 1. The Morgan fingerprint density at radius 1 is 1.37 bits per heavy atom. The number of nitrogens with one attached hydrogen (secondary N) is 2. The first kappa shape index (κ1) is 19.6. The molecule has 1 amide bonds. The minimum absolute atomic E-state index is 0.0158. The summed E-state index contributed by atoms with van der Waals surface area (Å²) in [6.45, 7) is 4.66. The van der Waals surface area contributed by atoms with Crippen molar-refractivity contribution < 1.29 is 14.0 Å². The Hall–Kier alpha value is -3.67. The van der Waals surface area contributed by atoms with Crippen molar-refractivity contribution in [1.29, 1.82) is 5.26 Å². The third kappa shape index (κ3) is 3.76. The van der Waals surface area contributed by atoms with Crippen LogP contribution >= 0.6 is 0 Å². The minimum Gasteiger partial charge on any atom is -0.433 e. The number of fused-ring (bicyclic) bond motifs is 1. The maximum atomic E-state index is 12.3. The van der Waals surface area contributed by atoms with Crippen LogP contribution in [0.25, 0.3) is 22.5 Å². The summed E-state index contributed by atoms with van der Waals surface area (Å²) in [5, 5.41) is 13.3. The van der Waals surface area contributed by atoms with E-state index in [9.17, 15) is 9.59 Å². The Balaban J connectivity index is 1.69. The third-order valence-corrected chi connectivity index (χ3v) is 5.26. The van der Waals surface area contributed by atoms with Gasteiger partial charge in [-0.15, -0.1) is 0 Å². The van der Waals surface area contributed by atoms with E-state index in [1.165, 1.54) is 13.1 Å². The maximum absolute atomic E-state index is 12.3. The monoisotopic (exact) mass is 406 g/mol. The summed E-state index contributed by atoms with van der Waals surface area (Å²) < 4.78 is 5.65. The third-order valence-electron chi connectivity index (χ3n) is 5.26. The molecule has 9 nitrogen and oxygen atoms in total. The van der Waals surface area contributed by atoms with Crippen molar-refractivity contribution in [2.75, 3.05) is 18.4 Å². The summed E-state index contributed by atoms with van der Waals surface area (Å²) in [4.78, 5) is 37.4. The van der Waals surface area contributed by atoms with Gasteiger partial charge in [0.2, 0.25) is 11.8 Å². The molecule has 1 fully saturated rings. The van der Waals surface area contributed by atoms with Crippen LogP contribution in [0.1, 0.15) is 37.2 Å². The highest BCUT2D eigenvalue weighted by Gasteiger charge is 2.29. The number of hydrogen-bond acceptors (Lipinski definition) is 7. The van der Waals surface area contributed by atoms with Gasteiger partial charge in [-0.25, -0.2) is 9.97 Å². The number of pyridine rings is 1. The number of carbonyl (C=O) groups is 2. The van der Waals surface area contributed by atoms with Gasteiger partial charge in [0.1, 0.15) is 12.1 Å². The molecular formula is C21H22N6O3. The fourth-order valence-corrected chi connectivity index (χ4v) is 3.93. The van der Waals surface area contributed by atoms with Crippen molar-refractivity contribution in [3.63, 3.8) is 0 Å². The number of nitrogens with zero attached hydrogens (tertiary/aromatic N) is 4. The first-order chi connectivity index (χ1) is 14.5. The van der Waals surface area contributed by atoms with Crippen LogP contribution in [-0.4, -0.2) is 50.7 Å². The lowest BCUT2D eigenvalue weighted by atomic mass is 9.95. The number of carbonyl (C=O) groups excluding carboxylic acids is 2. The van der Waals surface area contributed by atoms with E-state index in [1.54, 1.807) is 17.3 Å². The summed E-state index contributed by atoms with van der Waals surface area (Å²) >= 11 is 0.